The summed E-state index contributed by atoms with van der Waals surface area (Å²) < 4.78 is 14.7. The van der Waals surface area contributed by atoms with Crippen molar-refractivity contribution < 1.29 is 9.18 Å². The highest BCUT2D eigenvalue weighted by atomic mass is 19.1. The molecule has 1 aliphatic rings. The Hall–Kier alpha value is -2.95. The molecule has 0 bridgehead atoms. The summed E-state index contributed by atoms with van der Waals surface area (Å²) in [5.74, 6) is 0.0830. The standard InChI is InChI=1S/C24H26FN3O/c1-24(2,3)18-8-6-17(7-9-18)21-12-22(21)23(29)27-20-13-26-28(15-20)14-16-4-10-19(25)11-5-16/h4-11,13,15,21-22H,12,14H2,1-3H3,(H,27,29)/t21-,22-/m1/s1. The van der Waals surface area contributed by atoms with E-state index < -0.39 is 0 Å². The van der Waals surface area contributed by atoms with E-state index in [0.29, 0.717) is 18.2 Å². The summed E-state index contributed by atoms with van der Waals surface area (Å²) in [6.45, 7) is 7.13. The van der Waals surface area contributed by atoms with Gasteiger partial charge >= 0.3 is 0 Å². The Morgan fingerprint density at radius 1 is 1.14 bits per heavy atom. The smallest absolute Gasteiger partial charge is 0.228 e. The van der Waals surface area contributed by atoms with Gasteiger partial charge in [-0.2, -0.15) is 5.10 Å². The average molecular weight is 391 g/mol. The molecular formula is C24H26FN3O. The van der Waals surface area contributed by atoms with Crippen LogP contribution in [0.5, 0.6) is 0 Å². The summed E-state index contributed by atoms with van der Waals surface area (Å²) in [5.41, 5.74) is 4.30. The number of carbonyl (C=O) groups excluding carboxylic acids is 1. The largest absolute Gasteiger partial charge is 0.323 e. The molecule has 1 heterocycles. The normalized spacial score (nSPS) is 18.5. The minimum absolute atomic E-state index is 0.0101. The molecule has 1 saturated carbocycles. The number of halogens is 1. The lowest BCUT2D eigenvalue weighted by Gasteiger charge is -2.19. The summed E-state index contributed by atoms with van der Waals surface area (Å²) >= 11 is 0. The van der Waals surface area contributed by atoms with Gasteiger partial charge in [-0.25, -0.2) is 4.39 Å². The molecule has 0 aliphatic heterocycles. The molecule has 1 aromatic heterocycles. The number of amides is 1. The van der Waals surface area contributed by atoms with Crippen LogP contribution in [-0.4, -0.2) is 15.7 Å². The summed E-state index contributed by atoms with van der Waals surface area (Å²) in [5, 5.41) is 7.26. The monoisotopic (exact) mass is 391 g/mol. The summed E-state index contributed by atoms with van der Waals surface area (Å²) in [6, 6.07) is 15.0. The second kappa shape index (κ2) is 7.47. The number of benzene rings is 2. The van der Waals surface area contributed by atoms with Gasteiger partial charge in [-0.15, -0.1) is 0 Å². The maximum absolute atomic E-state index is 13.0. The molecule has 1 fully saturated rings. The number of rotatable bonds is 5. The van der Waals surface area contributed by atoms with E-state index in [1.165, 1.54) is 23.3 Å². The molecule has 1 aliphatic carbocycles. The van der Waals surface area contributed by atoms with Gasteiger partial charge in [0.1, 0.15) is 5.82 Å². The predicted octanol–water partition coefficient (Wildman–Crippen LogP) is 5.11. The van der Waals surface area contributed by atoms with Crippen molar-refractivity contribution >= 4 is 11.6 Å². The van der Waals surface area contributed by atoms with Crippen LogP contribution in [0.3, 0.4) is 0 Å². The van der Waals surface area contributed by atoms with Crippen LogP contribution in [0.2, 0.25) is 0 Å². The first kappa shape index (κ1) is 19.4. The number of nitrogens with one attached hydrogen (secondary N) is 1. The molecule has 4 nitrogen and oxygen atoms in total. The van der Waals surface area contributed by atoms with Crippen LogP contribution in [0.15, 0.2) is 60.9 Å². The fraction of sp³-hybridized carbons (Fsp3) is 0.333. The molecule has 0 saturated heterocycles. The maximum Gasteiger partial charge on any atom is 0.228 e. The lowest BCUT2D eigenvalue weighted by atomic mass is 9.86. The molecule has 1 amide bonds. The molecule has 3 aromatic rings. The zero-order valence-electron chi connectivity index (χ0n) is 17.0. The lowest BCUT2D eigenvalue weighted by Crippen LogP contribution is -2.14. The molecule has 150 valence electrons. The van der Waals surface area contributed by atoms with Crippen LogP contribution in [0.25, 0.3) is 0 Å². The van der Waals surface area contributed by atoms with Crippen LogP contribution in [-0.2, 0) is 16.8 Å². The Morgan fingerprint density at radius 3 is 2.48 bits per heavy atom. The second-order valence-corrected chi connectivity index (χ2v) is 8.86. The average Bonchev–Trinajstić information content (AvgIpc) is 3.38. The molecule has 5 heteroatoms. The van der Waals surface area contributed by atoms with Crippen molar-refractivity contribution in [2.45, 2.75) is 45.1 Å². The minimum Gasteiger partial charge on any atom is -0.323 e. The zero-order chi connectivity index (χ0) is 20.6. The van der Waals surface area contributed by atoms with Crippen molar-refractivity contribution in [1.82, 2.24) is 9.78 Å². The maximum atomic E-state index is 13.0. The first-order valence-electron chi connectivity index (χ1n) is 9.98. The Labute approximate surface area is 170 Å². The Balaban J connectivity index is 1.34. The van der Waals surface area contributed by atoms with Crippen LogP contribution in [0.1, 0.15) is 49.8 Å². The molecule has 0 radical (unpaired) electrons. The summed E-state index contributed by atoms with van der Waals surface area (Å²) in [7, 11) is 0. The third-order valence-electron chi connectivity index (χ3n) is 5.49. The van der Waals surface area contributed by atoms with Gasteiger partial charge in [0.2, 0.25) is 5.91 Å². The van der Waals surface area contributed by atoms with Gasteiger partial charge in [0.05, 0.1) is 18.4 Å². The highest BCUT2D eigenvalue weighted by Gasteiger charge is 2.44. The Bertz CT molecular complexity index is 1000. The molecule has 2 aromatic carbocycles. The number of hydrogen-bond donors (Lipinski definition) is 1. The van der Waals surface area contributed by atoms with Crippen LogP contribution < -0.4 is 5.32 Å². The molecular weight excluding hydrogens is 365 g/mol. The van der Waals surface area contributed by atoms with E-state index in [9.17, 15) is 9.18 Å². The van der Waals surface area contributed by atoms with Crippen LogP contribution in [0.4, 0.5) is 10.1 Å². The Kier molecular flexibility index (Phi) is 4.99. The third-order valence-corrected chi connectivity index (χ3v) is 5.49. The fourth-order valence-electron chi connectivity index (χ4n) is 3.61. The van der Waals surface area contributed by atoms with Gasteiger partial charge in [0.15, 0.2) is 0 Å². The zero-order valence-corrected chi connectivity index (χ0v) is 17.0. The molecule has 0 spiro atoms. The Morgan fingerprint density at radius 2 is 1.83 bits per heavy atom. The third kappa shape index (κ3) is 4.56. The molecule has 1 N–H and O–H groups in total. The van der Waals surface area contributed by atoms with Gasteiger partial charge in [-0.3, -0.25) is 9.48 Å². The number of carbonyl (C=O) groups is 1. The van der Waals surface area contributed by atoms with E-state index in [0.717, 1.165) is 12.0 Å². The molecule has 0 unspecified atom stereocenters. The summed E-state index contributed by atoms with van der Waals surface area (Å²) in [6.07, 6.45) is 4.33. The van der Waals surface area contributed by atoms with Gasteiger partial charge in [-0.1, -0.05) is 57.2 Å². The van der Waals surface area contributed by atoms with Gasteiger partial charge in [0.25, 0.3) is 0 Å². The van der Waals surface area contributed by atoms with E-state index in [1.807, 2.05) is 0 Å². The van der Waals surface area contributed by atoms with E-state index in [2.05, 4.69) is 55.5 Å². The van der Waals surface area contributed by atoms with Crippen LogP contribution in [0, 0.1) is 11.7 Å². The van der Waals surface area contributed by atoms with E-state index in [1.54, 1.807) is 29.2 Å². The van der Waals surface area contributed by atoms with Crippen molar-refractivity contribution in [3.8, 4) is 0 Å². The number of nitrogens with zero attached hydrogens (tertiary/aromatic N) is 2. The number of hydrogen-bond acceptors (Lipinski definition) is 2. The summed E-state index contributed by atoms with van der Waals surface area (Å²) in [4.78, 5) is 12.6. The van der Waals surface area contributed by atoms with Crippen molar-refractivity contribution in [3.63, 3.8) is 0 Å². The first-order valence-corrected chi connectivity index (χ1v) is 9.98. The SMILES string of the molecule is CC(C)(C)c1ccc([C@H]2C[C@H]2C(=O)Nc2cnn(Cc3ccc(F)cc3)c2)cc1. The number of aromatic nitrogens is 2. The van der Waals surface area contributed by atoms with E-state index in [-0.39, 0.29) is 23.1 Å². The highest BCUT2D eigenvalue weighted by Crippen LogP contribution is 2.48. The van der Waals surface area contributed by atoms with Gasteiger partial charge in [-0.05, 0) is 46.6 Å². The van der Waals surface area contributed by atoms with Crippen molar-refractivity contribution in [2.24, 2.45) is 5.92 Å². The van der Waals surface area contributed by atoms with Gasteiger partial charge < -0.3 is 5.32 Å². The first-order chi connectivity index (χ1) is 13.8. The van der Waals surface area contributed by atoms with Crippen molar-refractivity contribution in [3.05, 3.63) is 83.4 Å². The molecule has 2 atom stereocenters. The van der Waals surface area contributed by atoms with Gasteiger partial charge in [0, 0.05) is 12.1 Å². The molecule has 29 heavy (non-hydrogen) atoms. The highest BCUT2D eigenvalue weighted by molar-refractivity contribution is 5.95. The lowest BCUT2D eigenvalue weighted by molar-refractivity contribution is -0.117. The van der Waals surface area contributed by atoms with E-state index >= 15 is 0 Å². The minimum atomic E-state index is -0.255. The quantitative estimate of drug-likeness (QED) is 0.657. The van der Waals surface area contributed by atoms with Crippen LogP contribution >= 0.6 is 0 Å². The second-order valence-electron chi connectivity index (χ2n) is 8.86. The predicted molar refractivity (Wildman–Crippen MR) is 112 cm³/mol. The number of anilines is 1. The fourth-order valence-corrected chi connectivity index (χ4v) is 3.61. The molecule has 4 rings (SSSR count). The van der Waals surface area contributed by atoms with Crippen molar-refractivity contribution in [2.75, 3.05) is 5.32 Å². The van der Waals surface area contributed by atoms with E-state index in [4.69, 9.17) is 0 Å². The topological polar surface area (TPSA) is 46.9 Å². The van der Waals surface area contributed by atoms with Crippen molar-refractivity contribution in [1.29, 1.82) is 0 Å².